The zero-order valence-electron chi connectivity index (χ0n) is 10.6. The zero-order chi connectivity index (χ0) is 13.4. The summed E-state index contributed by atoms with van der Waals surface area (Å²) in [5.74, 6) is 0.829. The molecule has 0 aliphatic heterocycles. The van der Waals surface area contributed by atoms with Gasteiger partial charge < -0.3 is 14.3 Å². The van der Waals surface area contributed by atoms with E-state index in [9.17, 15) is 0 Å². The van der Waals surface area contributed by atoms with E-state index in [1.807, 2.05) is 31.3 Å². The standard InChI is InChI=1S/C13H13N3OS2/c1-8-14-6-10(19-8)7-16-12-5-9(17-2)3-4-11(12)15-13(16)18/h3-6H,7H2,1-2H3,(H,15,18). The van der Waals surface area contributed by atoms with E-state index >= 15 is 0 Å². The van der Waals surface area contributed by atoms with Crippen LogP contribution in [0.15, 0.2) is 24.4 Å². The Morgan fingerprint density at radius 3 is 3.00 bits per heavy atom. The smallest absolute Gasteiger partial charge is 0.178 e. The summed E-state index contributed by atoms with van der Waals surface area (Å²) in [6, 6.07) is 5.91. The lowest BCUT2D eigenvalue weighted by atomic mass is 10.3. The van der Waals surface area contributed by atoms with Gasteiger partial charge in [-0.15, -0.1) is 11.3 Å². The Morgan fingerprint density at radius 2 is 2.32 bits per heavy atom. The molecule has 19 heavy (non-hydrogen) atoms. The minimum atomic E-state index is 0.717. The SMILES string of the molecule is COc1ccc2[nH]c(=S)n(Cc3cnc(C)s3)c2c1. The third kappa shape index (κ3) is 2.29. The van der Waals surface area contributed by atoms with Crippen molar-refractivity contribution in [2.75, 3.05) is 7.11 Å². The van der Waals surface area contributed by atoms with Crippen molar-refractivity contribution in [2.45, 2.75) is 13.5 Å². The van der Waals surface area contributed by atoms with Crippen LogP contribution in [0.1, 0.15) is 9.88 Å². The second-order valence-corrected chi connectivity index (χ2v) is 5.95. The molecule has 3 aromatic rings. The molecule has 2 heterocycles. The summed E-state index contributed by atoms with van der Waals surface area (Å²) in [6.45, 7) is 2.74. The third-order valence-electron chi connectivity index (χ3n) is 2.97. The average molecular weight is 291 g/mol. The molecule has 2 aromatic heterocycles. The predicted octanol–water partition coefficient (Wildman–Crippen LogP) is 3.52. The maximum Gasteiger partial charge on any atom is 0.178 e. The van der Waals surface area contributed by atoms with Gasteiger partial charge in [0.25, 0.3) is 0 Å². The van der Waals surface area contributed by atoms with Gasteiger partial charge in [0.05, 0.1) is 29.7 Å². The van der Waals surface area contributed by atoms with Gasteiger partial charge in [-0.05, 0) is 31.3 Å². The lowest BCUT2D eigenvalue weighted by Gasteiger charge is -2.03. The molecule has 1 N–H and O–H groups in total. The lowest BCUT2D eigenvalue weighted by molar-refractivity contribution is 0.415. The number of thiazole rings is 1. The minimum Gasteiger partial charge on any atom is -0.497 e. The Hall–Kier alpha value is -1.66. The molecule has 1 aromatic carbocycles. The molecular weight excluding hydrogens is 278 g/mol. The summed E-state index contributed by atoms with van der Waals surface area (Å²) in [6.07, 6.45) is 1.90. The summed E-state index contributed by atoms with van der Waals surface area (Å²) in [5.41, 5.74) is 2.07. The number of methoxy groups -OCH3 is 1. The van der Waals surface area contributed by atoms with Gasteiger partial charge in [0.2, 0.25) is 0 Å². The summed E-state index contributed by atoms with van der Waals surface area (Å²) in [7, 11) is 1.67. The fraction of sp³-hybridized carbons (Fsp3) is 0.231. The maximum atomic E-state index is 5.39. The molecule has 0 saturated heterocycles. The predicted molar refractivity (Wildman–Crippen MR) is 79.6 cm³/mol. The van der Waals surface area contributed by atoms with Gasteiger partial charge in [-0.2, -0.15) is 0 Å². The molecule has 0 bridgehead atoms. The quantitative estimate of drug-likeness (QED) is 0.751. The molecule has 3 rings (SSSR count). The number of rotatable bonds is 3. The molecule has 4 nitrogen and oxygen atoms in total. The molecule has 0 aliphatic rings. The molecule has 0 fully saturated rings. The number of aromatic amines is 1. The number of nitrogens with one attached hydrogen (secondary N) is 1. The van der Waals surface area contributed by atoms with Crippen LogP contribution in [0.25, 0.3) is 11.0 Å². The number of benzene rings is 1. The Bertz CT molecular complexity index is 785. The monoisotopic (exact) mass is 291 g/mol. The highest BCUT2D eigenvalue weighted by atomic mass is 32.1. The molecule has 0 amide bonds. The van der Waals surface area contributed by atoms with Crippen LogP contribution in [0.5, 0.6) is 5.75 Å². The molecule has 0 aliphatic carbocycles. The number of nitrogens with zero attached hydrogens (tertiary/aromatic N) is 2. The van der Waals surface area contributed by atoms with E-state index in [4.69, 9.17) is 17.0 Å². The number of ether oxygens (including phenoxy) is 1. The highest BCUT2D eigenvalue weighted by molar-refractivity contribution is 7.71. The van der Waals surface area contributed by atoms with Gasteiger partial charge in [0, 0.05) is 17.1 Å². The van der Waals surface area contributed by atoms with E-state index in [2.05, 4.69) is 14.5 Å². The lowest BCUT2D eigenvalue weighted by Crippen LogP contribution is -1.97. The molecule has 0 spiro atoms. The number of hydrogen-bond donors (Lipinski definition) is 1. The number of aromatic nitrogens is 3. The van der Waals surface area contributed by atoms with Gasteiger partial charge in [0.15, 0.2) is 4.77 Å². The Kier molecular flexibility index (Phi) is 3.12. The second kappa shape index (κ2) is 4.79. The van der Waals surface area contributed by atoms with Gasteiger partial charge in [-0.3, -0.25) is 0 Å². The van der Waals surface area contributed by atoms with Crippen molar-refractivity contribution in [2.24, 2.45) is 0 Å². The van der Waals surface area contributed by atoms with E-state index < -0.39 is 0 Å². The number of hydrogen-bond acceptors (Lipinski definition) is 4. The van der Waals surface area contributed by atoms with Gasteiger partial charge in [0.1, 0.15) is 5.75 Å². The highest BCUT2D eigenvalue weighted by Crippen LogP contribution is 2.22. The van der Waals surface area contributed by atoms with Crippen molar-refractivity contribution < 1.29 is 4.74 Å². The van der Waals surface area contributed by atoms with Crippen LogP contribution < -0.4 is 4.74 Å². The number of fused-ring (bicyclic) bond motifs is 1. The van der Waals surface area contributed by atoms with E-state index in [0.717, 1.165) is 28.3 Å². The second-order valence-electron chi connectivity index (χ2n) is 4.24. The molecule has 98 valence electrons. The first kappa shape index (κ1) is 12.4. The molecular formula is C13H13N3OS2. The van der Waals surface area contributed by atoms with Crippen LogP contribution in [0, 0.1) is 11.7 Å². The Balaban J connectivity index is 2.11. The van der Waals surface area contributed by atoms with Crippen molar-refractivity contribution in [3.8, 4) is 5.75 Å². The number of H-pyrrole nitrogens is 1. The van der Waals surface area contributed by atoms with Crippen LogP contribution in [0.4, 0.5) is 0 Å². The molecule has 0 radical (unpaired) electrons. The Morgan fingerprint density at radius 1 is 1.47 bits per heavy atom. The van der Waals surface area contributed by atoms with Crippen molar-refractivity contribution in [3.63, 3.8) is 0 Å². The average Bonchev–Trinajstić information content (AvgIpc) is 2.94. The van der Waals surface area contributed by atoms with Crippen molar-refractivity contribution >= 4 is 34.6 Å². The first-order valence-electron chi connectivity index (χ1n) is 5.85. The highest BCUT2D eigenvalue weighted by Gasteiger charge is 2.08. The van der Waals surface area contributed by atoms with Crippen molar-refractivity contribution in [1.82, 2.24) is 14.5 Å². The minimum absolute atomic E-state index is 0.717. The van der Waals surface area contributed by atoms with Crippen molar-refractivity contribution in [1.29, 1.82) is 0 Å². The largest absolute Gasteiger partial charge is 0.497 e. The molecule has 6 heteroatoms. The van der Waals surface area contributed by atoms with Gasteiger partial charge >= 0.3 is 0 Å². The van der Waals surface area contributed by atoms with Crippen molar-refractivity contribution in [3.05, 3.63) is 39.1 Å². The van der Waals surface area contributed by atoms with Gasteiger partial charge in [-0.1, -0.05) is 0 Å². The van der Waals surface area contributed by atoms with Crippen LogP contribution in [0.2, 0.25) is 0 Å². The first-order chi connectivity index (χ1) is 9.17. The Labute approximate surface area is 119 Å². The zero-order valence-corrected chi connectivity index (χ0v) is 12.3. The fourth-order valence-electron chi connectivity index (χ4n) is 2.05. The molecule has 0 saturated carbocycles. The normalized spacial score (nSPS) is 11.1. The summed E-state index contributed by atoms with van der Waals surface area (Å²) < 4.78 is 8.06. The van der Waals surface area contributed by atoms with Crippen LogP contribution in [0.3, 0.4) is 0 Å². The summed E-state index contributed by atoms with van der Waals surface area (Å²) in [5, 5.41) is 1.07. The van der Waals surface area contributed by atoms with E-state index in [1.165, 1.54) is 4.88 Å². The number of imidazole rings is 1. The first-order valence-corrected chi connectivity index (χ1v) is 7.07. The number of aryl methyl sites for hydroxylation is 1. The van der Waals surface area contributed by atoms with Crippen LogP contribution in [-0.4, -0.2) is 21.6 Å². The summed E-state index contributed by atoms with van der Waals surface area (Å²) >= 11 is 7.08. The van der Waals surface area contributed by atoms with Crippen LogP contribution in [-0.2, 0) is 6.54 Å². The van der Waals surface area contributed by atoms with E-state index in [0.29, 0.717) is 4.77 Å². The maximum absolute atomic E-state index is 5.39. The summed E-state index contributed by atoms with van der Waals surface area (Å²) in [4.78, 5) is 8.68. The van der Waals surface area contributed by atoms with Crippen LogP contribution >= 0.6 is 23.6 Å². The topological polar surface area (TPSA) is 42.8 Å². The molecule has 0 atom stereocenters. The van der Waals surface area contributed by atoms with Gasteiger partial charge in [-0.25, -0.2) is 4.98 Å². The molecule has 0 unspecified atom stereocenters. The fourth-order valence-corrected chi connectivity index (χ4v) is 3.11. The van der Waals surface area contributed by atoms with E-state index in [-0.39, 0.29) is 0 Å². The third-order valence-corrected chi connectivity index (χ3v) is 4.19. The van der Waals surface area contributed by atoms with E-state index in [1.54, 1.807) is 18.4 Å².